The molecule has 0 aromatic carbocycles. The van der Waals surface area contributed by atoms with Gasteiger partial charge in [-0.05, 0) is 6.42 Å². The van der Waals surface area contributed by atoms with Crippen LogP contribution in [-0.4, -0.2) is 48.8 Å². The molecular weight excluding hydrogens is 146 g/mol. The maximum absolute atomic E-state index is 10.8. The Morgan fingerprint density at radius 1 is 1.64 bits per heavy atom. The number of hydrogen-bond donors (Lipinski definition) is 1. The molecule has 1 saturated heterocycles. The average molecular weight is 159 g/mol. The van der Waals surface area contributed by atoms with Crippen LogP contribution in [0.2, 0.25) is 0 Å². The molecule has 4 nitrogen and oxygen atoms in total. The van der Waals surface area contributed by atoms with E-state index in [-0.39, 0.29) is 12.6 Å². The van der Waals surface area contributed by atoms with Crippen LogP contribution in [0.25, 0.3) is 0 Å². The highest BCUT2D eigenvalue weighted by molar-refractivity contribution is 5.71. The number of rotatable bonds is 2. The van der Waals surface area contributed by atoms with Crippen LogP contribution in [0.4, 0.5) is 0 Å². The second kappa shape index (κ2) is 4.31. The maximum Gasteiger partial charge on any atom is 0.320 e. The fourth-order valence-corrected chi connectivity index (χ4v) is 1.11. The molecule has 0 aromatic heterocycles. The Bertz CT molecular complexity index is 138. The van der Waals surface area contributed by atoms with Gasteiger partial charge in [0.15, 0.2) is 0 Å². The van der Waals surface area contributed by atoms with Crippen molar-refractivity contribution in [2.75, 3.05) is 32.8 Å². The molecule has 0 atom stereocenters. The lowest BCUT2D eigenvalue weighted by Crippen LogP contribution is -2.31. The Kier molecular flexibility index (Phi) is 3.32. The van der Waals surface area contributed by atoms with Crippen molar-refractivity contribution in [3.8, 4) is 0 Å². The van der Waals surface area contributed by atoms with Crippen molar-refractivity contribution in [1.82, 2.24) is 4.90 Å². The van der Waals surface area contributed by atoms with Crippen LogP contribution >= 0.6 is 0 Å². The van der Waals surface area contributed by atoms with Crippen LogP contribution in [0.15, 0.2) is 0 Å². The Hall–Kier alpha value is -0.610. The molecule has 0 radical (unpaired) electrons. The Morgan fingerprint density at radius 2 is 2.45 bits per heavy atom. The van der Waals surface area contributed by atoms with Gasteiger partial charge < -0.3 is 9.84 Å². The van der Waals surface area contributed by atoms with Crippen LogP contribution < -0.4 is 0 Å². The minimum Gasteiger partial charge on any atom is -0.465 e. The molecule has 0 bridgehead atoms. The number of aliphatic hydroxyl groups excluding tert-OH is 1. The minimum atomic E-state index is -0.184. The monoisotopic (exact) mass is 159 g/mol. The van der Waals surface area contributed by atoms with Crippen molar-refractivity contribution in [2.24, 2.45) is 0 Å². The van der Waals surface area contributed by atoms with E-state index in [4.69, 9.17) is 9.84 Å². The Morgan fingerprint density at radius 3 is 3.18 bits per heavy atom. The summed E-state index contributed by atoms with van der Waals surface area (Å²) in [5, 5.41) is 8.60. The summed E-state index contributed by atoms with van der Waals surface area (Å²) < 4.78 is 4.82. The fraction of sp³-hybridized carbons (Fsp3) is 0.857. The van der Waals surface area contributed by atoms with Crippen LogP contribution in [-0.2, 0) is 9.53 Å². The lowest BCUT2D eigenvalue weighted by molar-refractivity contribution is -0.143. The molecule has 1 rings (SSSR count). The first-order valence-corrected chi connectivity index (χ1v) is 3.82. The average Bonchev–Trinajstić information content (AvgIpc) is 2.15. The summed E-state index contributed by atoms with van der Waals surface area (Å²) in [6.45, 7) is 2.34. The zero-order valence-corrected chi connectivity index (χ0v) is 6.45. The first kappa shape index (κ1) is 8.49. The molecule has 64 valence electrons. The van der Waals surface area contributed by atoms with Gasteiger partial charge >= 0.3 is 5.97 Å². The number of cyclic esters (lactones) is 1. The number of aliphatic hydroxyl groups is 1. The predicted octanol–water partition coefficient (Wildman–Crippen LogP) is -0.772. The molecule has 1 heterocycles. The second-order valence-corrected chi connectivity index (χ2v) is 2.57. The molecular formula is C7H13NO3. The van der Waals surface area contributed by atoms with E-state index < -0.39 is 0 Å². The summed E-state index contributed by atoms with van der Waals surface area (Å²) in [4.78, 5) is 12.7. The van der Waals surface area contributed by atoms with Crippen LogP contribution in [0, 0.1) is 0 Å². The van der Waals surface area contributed by atoms with Gasteiger partial charge in [-0.3, -0.25) is 9.69 Å². The topological polar surface area (TPSA) is 49.8 Å². The van der Waals surface area contributed by atoms with Crippen LogP contribution in [0.5, 0.6) is 0 Å². The normalized spacial score (nSPS) is 21.0. The maximum atomic E-state index is 10.8. The molecule has 11 heavy (non-hydrogen) atoms. The number of carbonyl (C=O) groups excluding carboxylic acids is 1. The second-order valence-electron chi connectivity index (χ2n) is 2.57. The van der Waals surface area contributed by atoms with E-state index in [1.165, 1.54) is 0 Å². The zero-order valence-electron chi connectivity index (χ0n) is 6.45. The Balaban J connectivity index is 2.33. The molecule has 0 aliphatic carbocycles. The third-order valence-corrected chi connectivity index (χ3v) is 1.65. The van der Waals surface area contributed by atoms with Gasteiger partial charge in [-0.15, -0.1) is 0 Å². The fourth-order valence-electron chi connectivity index (χ4n) is 1.11. The number of nitrogens with zero attached hydrogens (tertiary/aromatic N) is 1. The van der Waals surface area contributed by atoms with Crippen molar-refractivity contribution < 1.29 is 14.6 Å². The summed E-state index contributed by atoms with van der Waals surface area (Å²) in [5.41, 5.74) is 0. The first-order valence-electron chi connectivity index (χ1n) is 3.82. The summed E-state index contributed by atoms with van der Waals surface area (Å²) >= 11 is 0. The number of carbonyl (C=O) groups is 1. The van der Waals surface area contributed by atoms with Gasteiger partial charge in [0.05, 0.1) is 19.8 Å². The molecule has 1 N–H and O–H groups in total. The number of β-amino-alcohol motifs (C(OH)–C–C–N with tert-alkyl or cyclic N) is 1. The first-order chi connectivity index (χ1) is 5.33. The minimum absolute atomic E-state index is 0.104. The molecule has 4 heteroatoms. The van der Waals surface area contributed by atoms with Gasteiger partial charge in [-0.2, -0.15) is 0 Å². The molecule has 1 fully saturated rings. The summed E-state index contributed by atoms with van der Waals surface area (Å²) in [6.07, 6.45) is 0.867. The summed E-state index contributed by atoms with van der Waals surface area (Å²) in [5.74, 6) is -0.184. The van der Waals surface area contributed by atoms with Gasteiger partial charge in [0.25, 0.3) is 0 Å². The van der Waals surface area contributed by atoms with Crippen LogP contribution in [0.1, 0.15) is 6.42 Å². The zero-order chi connectivity index (χ0) is 8.10. The van der Waals surface area contributed by atoms with Gasteiger partial charge in [-0.25, -0.2) is 0 Å². The quantitative estimate of drug-likeness (QED) is 0.537. The lowest BCUT2D eigenvalue weighted by Gasteiger charge is -2.15. The van der Waals surface area contributed by atoms with E-state index in [2.05, 4.69) is 0 Å². The summed E-state index contributed by atoms with van der Waals surface area (Å²) in [6, 6.07) is 0. The smallest absolute Gasteiger partial charge is 0.320 e. The highest BCUT2D eigenvalue weighted by Crippen LogP contribution is 1.98. The number of esters is 1. The highest BCUT2D eigenvalue weighted by atomic mass is 16.5. The van der Waals surface area contributed by atoms with E-state index in [1.54, 1.807) is 0 Å². The van der Waals surface area contributed by atoms with E-state index in [1.807, 2.05) is 4.90 Å². The van der Waals surface area contributed by atoms with Crippen molar-refractivity contribution in [2.45, 2.75) is 6.42 Å². The molecule has 0 saturated carbocycles. The predicted molar refractivity (Wildman–Crippen MR) is 39.1 cm³/mol. The lowest BCUT2D eigenvalue weighted by atomic mass is 10.4. The SMILES string of the molecule is O=C1CN(CCO)CCCO1. The van der Waals surface area contributed by atoms with E-state index in [0.717, 1.165) is 13.0 Å². The van der Waals surface area contributed by atoms with Crippen LogP contribution in [0.3, 0.4) is 0 Å². The molecule has 1 aliphatic rings. The van der Waals surface area contributed by atoms with E-state index in [0.29, 0.717) is 19.7 Å². The third kappa shape index (κ3) is 2.86. The molecule has 0 aromatic rings. The van der Waals surface area contributed by atoms with Gasteiger partial charge in [0, 0.05) is 13.1 Å². The molecule has 0 unspecified atom stereocenters. The van der Waals surface area contributed by atoms with Crippen molar-refractivity contribution in [3.63, 3.8) is 0 Å². The summed E-state index contributed by atoms with van der Waals surface area (Å²) in [7, 11) is 0. The number of hydrogen-bond acceptors (Lipinski definition) is 4. The van der Waals surface area contributed by atoms with Crippen molar-refractivity contribution in [1.29, 1.82) is 0 Å². The van der Waals surface area contributed by atoms with Gasteiger partial charge in [0.2, 0.25) is 0 Å². The standard InChI is InChI=1S/C7H13NO3/c9-4-3-8-2-1-5-11-7(10)6-8/h9H,1-6H2. The van der Waals surface area contributed by atoms with Gasteiger partial charge in [-0.1, -0.05) is 0 Å². The van der Waals surface area contributed by atoms with Gasteiger partial charge in [0.1, 0.15) is 0 Å². The Labute approximate surface area is 65.8 Å². The molecule has 1 aliphatic heterocycles. The van der Waals surface area contributed by atoms with Crippen molar-refractivity contribution in [3.05, 3.63) is 0 Å². The molecule has 0 spiro atoms. The third-order valence-electron chi connectivity index (χ3n) is 1.65. The van der Waals surface area contributed by atoms with E-state index in [9.17, 15) is 4.79 Å². The highest BCUT2D eigenvalue weighted by Gasteiger charge is 2.14. The van der Waals surface area contributed by atoms with E-state index >= 15 is 0 Å². The largest absolute Gasteiger partial charge is 0.465 e. The van der Waals surface area contributed by atoms with Crippen molar-refractivity contribution >= 4 is 5.97 Å². The molecule has 0 amide bonds. The number of ether oxygens (including phenoxy) is 1.